The van der Waals surface area contributed by atoms with E-state index in [1.807, 2.05) is 19.1 Å². The summed E-state index contributed by atoms with van der Waals surface area (Å²) in [5.74, 6) is 4.17. The van der Waals surface area contributed by atoms with E-state index in [2.05, 4.69) is 21.4 Å². The van der Waals surface area contributed by atoms with Gasteiger partial charge < -0.3 is 0 Å². The van der Waals surface area contributed by atoms with E-state index in [9.17, 15) is 8.78 Å². The molecule has 19 heavy (non-hydrogen) atoms. The van der Waals surface area contributed by atoms with E-state index in [1.54, 1.807) is 12.1 Å². The lowest BCUT2D eigenvalue weighted by molar-refractivity contribution is 0.509. The Kier molecular flexibility index (Phi) is 4.29. The van der Waals surface area contributed by atoms with Crippen LogP contribution in [0, 0.1) is 18.6 Å². The van der Waals surface area contributed by atoms with Gasteiger partial charge in [-0.1, -0.05) is 45.8 Å². The van der Waals surface area contributed by atoms with Crippen LogP contribution in [0.25, 0.3) is 0 Å². The summed E-state index contributed by atoms with van der Waals surface area (Å²) in [4.78, 5) is 0. The lowest BCUT2D eigenvalue weighted by atomic mass is 9.97. The molecule has 5 heteroatoms. The predicted molar refractivity (Wildman–Crippen MR) is 74.4 cm³/mol. The van der Waals surface area contributed by atoms with Crippen molar-refractivity contribution >= 4 is 15.9 Å². The molecular weight excluding hydrogens is 314 g/mol. The molecule has 0 aromatic heterocycles. The number of nitrogens with one attached hydrogen (secondary N) is 1. The van der Waals surface area contributed by atoms with E-state index < -0.39 is 17.7 Å². The summed E-state index contributed by atoms with van der Waals surface area (Å²) in [6.45, 7) is 1.94. The van der Waals surface area contributed by atoms with Gasteiger partial charge in [-0.3, -0.25) is 5.84 Å². The number of hydrazine groups is 1. The van der Waals surface area contributed by atoms with Crippen molar-refractivity contribution in [2.45, 2.75) is 13.0 Å². The number of rotatable bonds is 3. The maximum absolute atomic E-state index is 13.9. The number of hydrogen-bond acceptors (Lipinski definition) is 2. The molecule has 3 N–H and O–H groups in total. The Bertz CT molecular complexity index is 561. The number of aryl methyl sites for hydroxylation is 1. The number of nitrogens with two attached hydrogens (primary N) is 1. The maximum Gasteiger partial charge on any atom is 0.132 e. The first-order valence-corrected chi connectivity index (χ1v) is 6.49. The van der Waals surface area contributed by atoms with Crippen LogP contribution in [0.5, 0.6) is 0 Å². The van der Waals surface area contributed by atoms with Crippen molar-refractivity contribution in [2.24, 2.45) is 5.84 Å². The minimum Gasteiger partial charge on any atom is -0.271 e. The fraction of sp³-hybridized carbons (Fsp3) is 0.143. The van der Waals surface area contributed by atoms with Crippen LogP contribution in [0.2, 0.25) is 0 Å². The maximum atomic E-state index is 13.9. The van der Waals surface area contributed by atoms with E-state index in [1.165, 1.54) is 12.1 Å². The van der Waals surface area contributed by atoms with Gasteiger partial charge in [0.2, 0.25) is 0 Å². The smallest absolute Gasteiger partial charge is 0.132 e. The van der Waals surface area contributed by atoms with Crippen molar-refractivity contribution in [3.05, 3.63) is 69.2 Å². The molecule has 0 saturated carbocycles. The zero-order valence-corrected chi connectivity index (χ0v) is 11.8. The quantitative estimate of drug-likeness (QED) is 0.668. The van der Waals surface area contributed by atoms with E-state index >= 15 is 0 Å². The molecular formula is C14H13BrF2N2. The standard InChI is InChI=1S/C14H13BrF2N2/c1-8-2-4-9(5-3-8)14(19-18)13-11(16)6-10(15)7-12(13)17/h2-7,14,19H,18H2,1H3. The highest BCUT2D eigenvalue weighted by Gasteiger charge is 2.21. The molecule has 0 bridgehead atoms. The Labute approximate surface area is 118 Å². The molecule has 2 nitrogen and oxygen atoms in total. The second-order valence-corrected chi connectivity index (χ2v) is 5.21. The third kappa shape index (κ3) is 3.00. The van der Waals surface area contributed by atoms with Gasteiger partial charge in [0.15, 0.2) is 0 Å². The summed E-state index contributed by atoms with van der Waals surface area (Å²) in [7, 11) is 0. The third-order valence-electron chi connectivity index (χ3n) is 2.91. The molecule has 0 radical (unpaired) electrons. The Morgan fingerprint density at radius 3 is 2.11 bits per heavy atom. The largest absolute Gasteiger partial charge is 0.271 e. The molecule has 0 saturated heterocycles. The SMILES string of the molecule is Cc1ccc(C(NN)c2c(F)cc(Br)cc2F)cc1. The Hall–Kier alpha value is -1.30. The van der Waals surface area contributed by atoms with Crippen LogP contribution in [-0.2, 0) is 0 Å². The van der Waals surface area contributed by atoms with Gasteiger partial charge >= 0.3 is 0 Å². The molecule has 0 spiro atoms. The fourth-order valence-corrected chi connectivity index (χ4v) is 2.34. The Morgan fingerprint density at radius 1 is 1.11 bits per heavy atom. The van der Waals surface area contributed by atoms with Crippen molar-refractivity contribution in [2.75, 3.05) is 0 Å². The molecule has 0 amide bonds. The summed E-state index contributed by atoms with van der Waals surface area (Å²) in [6, 6.07) is 9.03. The first-order valence-electron chi connectivity index (χ1n) is 5.70. The van der Waals surface area contributed by atoms with Crippen molar-refractivity contribution < 1.29 is 8.78 Å². The first-order chi connectivity index (χ1) is 9.02. The summed E-state index contributed by atoms with van der Waals surface area (Å²) in [6.07, 6.45) is 0. The third-order valence-corrected chi connectivity index (χ3v) is 3.37. The Morgan fingerprint density at radius 2 is 1.63 bits per heavy atom. The van der Waals surface area contributed by atoms with E-state index in [0.29, 0.717) is 10.0 Å². The zero-order chi connectivity index (χ0) is 14.0. The van der Waals surface area contributed by atoms with Gasteiger partial charge in [0.1, 0.15) is 11.6 Å². The summed E-state index contributed by atoms with van der Waals surface area (Å²) >= 11 is 3.05. The van der Waals surface area contributed by atoms with Gasteiger partial charge in [0.25, 0.3) is 0 Å². The van der Waals surface area contributed by atoms with E-state index in [4.69, 9.17) is 5.84 Å². The number of benzene rings is 2. The van der Waals surface area contributed by atoms with Gasteiger partial charge in [-0.15, -0.1) is 0 Å². The van der Waals surface area contributed by atoms with Gasteiger partial charge in [0, 0.05) is 10.0 Å². The second-order valence-electron chi connectivity index (χ2n) is 4.29. The highest BCUT2D eigenvalue weighted by atomic mass is 79.9. The zero-order valence-electron chi connectivity index (χ0n) is 10.3. The average molecular weight is 327 g/mol. The topological polar surface area (TPSA) is 38.0 Å². The molecule has 2 rings (SSSR count). The van der Waals surface area contributed by atoms with Crippen LogP contribution < -0.4 is 11.3 Å². The number of halogens is 3. The monoisotopic (exact) mass is 326 g/mol. The normalized spacial score (nSPS) is 12.5. The lowest BCUT2D eigenvalue weighted by Gasteiger charge is -2.18. The van der Waals surface area contributed by atoms with Gasteiger partial charge in [-0.2, -0.15) is 0 Å². The first kappa shape index (κ1) is 14.1. The van der Waals surface area contributed by atoms with Crippen LogP contribution >= 0.6 is 15.9 Å². The molecule has 0 fully saturated rings. The van der Waals surface area contributed by atoms with Gasteiger partial charge in [-0.25, -0.2) is 14.2 Å². The number of hydrogen-bond donors (Lipinski definition) is 2. The molecule has 2 aromatic rings. The van der Waals surface area contributed by atoms with Crippen molar-refractivity contribution in [1.29, 1.82) is 0 Å². The molecule has 1 unspecified atom stereocenters. The van der Waals surface area contributed by atoms with Crippen LogP contribution in [0.1, 0.15) is 22.7 Å². The Balaban J connectivity index is 2.51. The summed E-state index contributed by atoms with van der Waals surface area (Å²) in [5, 5.41) is 0. The summed E-state index contributed by atoms with van der Waals surface area (Å²) in [5.41, 5.74) is 4.14. The molecule has 100 valence electrons. The minimum absolute atomic E-state index is 0.0884. The molecule has 0 heterocycles. The van der Waals surface area contributed by atoms with Crippen LogP contribution in [-0.4, -0.2) is 0 Å². The van der Waals surface area contributed by atoms with Gasteiger partial charge in [-0.05, 0) is 24.6 Å². The molecule has 1 atom stereocenters. The second kappa shape index (κ2) is 5.77. The average Bonchev–Trinajstić information content (AvgIpc) is 2.35. The van der Waals surface area contributed by atoms with Crippen molar-refractivity contribution in [1.82, 2.24) is 5.43 Å². The molecule has 0 aliphatic heterocycles. The van der Waals surface area contributed by atoms with Crippen LogP contribution in [0.3, 0.4) is 0 Å². The molecule has 0 aliphatic carbocycles. The summed E-state index contributed by atoms with van der Waals surface area (Å²) < 4.78 is 28.2. The van der Waals surface area contributed by atoms with Gasteiger partial charge in [0.05, 0.1) is 6.04 Å². The lowest BCUT2D eigenvalue weighted by Crippen LogP contribution is -2.30. The molecule has 0 aliphatic rings. The van der Waals surface area contributed by atoms with Crippen molar-refractivity contribution in [3.63, 3.8) is 0 Å². The highest BCUT2D eigenvalue weighted by molar-refractivity contribution is 9.10. The predicted octanol–water partition coefficient (Wildman–Crippen LogP) is 3.59. The van der Waals surface area contributed by atoms with Crippen LogP contribution in [0.15, 0.2) is 40.9 Å². The van der Waals surface area contributed by atoms with Crippen molar-refractivity contribution in [3.8, 4) is 0 Å². The van der Waals surface area contributed by atoms with Crippen LogP contribution in [0.4, 0.5) is 8.78 Å². The minimum atomic E-state index is -0.728. The van der Waals surface area contributed by atoms with E-state index in [-0.39, 0.29) is 5.56 Å². The van der Waals surface area contributed by atoms with E-state index in [0.717, 1.165) is 5.56 Å². The fourth-order valence-electron chi connectivity index (χ4n) is 1.93. The highest BCUT2D eigenvalue weighted by Crippen LogP contribution is 2.29. The molecule has 2 aromatic carbocycles.